The largest absolute Gasteiger partial charge is 0.492 e. The third-order valence-corrected chi connectivity index (χ3v) is 2.35. The molecule has 7 heteroatoms. The molecular weight excluding hydrogens is 196 g/mol. The van der Waals surface area contributed by atoms with Crippen molar-refractivity contribution in [3.63, 3.8) is 0 Å². The van der Waals surface area contributed by atoms with Crippen molar-refractivity contribution in [1.82, 2.24) is 9.80 Å². The quantitative estimate of drug-likeness (QED) is 0.662. The number of nitrogens with zero attached hydrogens (tertiary/aromatic N) is 2. The SMILES string of the molecule is OCCN1CCN(C[B-](F)(F)F)CC1. The first-order chi connectivity index (χ1) is 6.51. The molecule has 1 heterocycles. The molecule has 1 aliphatic heterocycles. The summed E-state index contributed by atoms with van der Waals surface area (Å²) in [7, 11) is 0. The Bertz CT molecular complexity index is 171. The fourth-order valence-corrected chi connectivity index (χ4v) is 1.63. The van der Waals surface area contributed by atoms with Gasteiger partial charge in [0.1, 0.15) is 0 Å². The van der Waals surface area contributed by atoms with Gasteiger partial charge in [0.2, 0.25) is 0 Å². The maximum absolute atomic E-state index is 12.1. The minimum Gasteiger partial charge on any atom is -0.448 e. The second-order valence-electron chi connectivity index (χ2n) is 3.58. The monoisotopic (exact) mass is 211 g/mol. The molecule has 0 amide bonds. The van der Waals surface area contributed by atoms with Crippen LogP contribution in [-0.4, -0.2) is 67.7 Å². The number of halogens is 3. The summed E-state index contributed by atoms with van der Waals surface area (Å²) >= 11 is 0. The Morgan fingerprint density at radius 1 is 1.00 bits per heavy atom. The molecule has 0 aromatic rings. The average molecular weight is 211 g/mol. The van der Waals surface area contributed by atoms with E-state index >= 15 is 0 Å². The second-order valence-corrected chi connectivity index (χ2v) is 3.58. The van der Waals surface area contributed by atoms with Crippen LogP contribution in [0.1, 0.15) is 0 Å². The van der Waals surface area contributed by atoms with E-state index in [9.17, 15) is 12.9 Å². The van der Waals surface area contributed by atoms with Crippen molar-refractivity contribution in [2.24, 2.45) is 0 Å². The van der Waals surface area contributed by atoms with Crippen molar-refractivity contribution >= 4 is 6.98 Å². The van der Waals surface area contributed by atoms with E-state index in [-0.39, 0.29) is 6.61 Å². The Hall–Kier alpha value is -0.265. The Morgan fingerprint density at radius 3 is 1.93 bits per heavy atom. The smallest absolute Gasteiger partial charge is 0.448 e. The van der Waals surface area contributed by atoms with Crippen LogP contribution in [0.15, 0.2) is 0 Å². The zero-order valence-corrected chi connectivity index (χ0v) is 8.00. The predicted octanol–water partition coefficient (Wildman–Crippen LogP) is -0.0171. The van der Waals surface area contributed by atoms with Crippen molar-refractivity contribution in [3.05, 3.63) is 0 Å². The second kappa shape index (κ2) is 5.00. The molecule has 0 radical (unpaired) electrons. The topological polar surface area (TPSA) is 26.7 Å². The highest BCUT2D eigenvalue weighted by molar-refractivity contribution is 6.58. The first-order valence-corrected chi connectivity index (χ1v) is 4.78. The van der Waals surface area contributed by atoms with Gasteiger partial charge in [0.25, 0.3) is 0 Å². The molecule has 0 aromatic heterocycles. The Balaban J connectivity index is 2.22. The lowest BCUT2D eigenvalue weighted by Gasteiger charge is -2.36. The molecule has 1 aliphatic rings. The number of piperazine rings is 1. The lowest BCUT2D eigenvalue weighted by Crippen LogP contribution is -2.50. The number of aliphatic hydroxyl groups excluding tert-OH is 1. The van der Waals surface area contributed by atoms with Crippen LogP contribution in [0.2, 0.25) is 0 Å². The summed E-state index contributed by atoms with van der Waals surface area (Å²) in [4.78, 5) is 3.40. The zero-order chi connectivity index (χ0) is 10.6. The molecule has 0 atom stereocenters. The highest BCUT2D eigenvalue weighted by atomic mass is 19.4. The van der Waals surface area contributed by atoms with Gasteiger partial charge in [-0.25, -0.2) is 0 Å². The predicted molar refractivity (Wildman–Crippen MR) is 49.0 cm³/mol. The zero-order valence-electron chi connectivity index (χ0n) is 8.00. The van der Waals surface area contributed by atoms with Crippen LogP contribution in [0.4, 0.5) is 12.9 Å². The normalized spacial score (nSPS) is 21.4. The van der Waals surface area contributed by atoms with Gasteiger partial charge in [0, 0.05) is 32.7 Å². The van der Waals surface area contributed by atoms with Crippen molar-refractivity contribution in [2.75, 3.05) is 45.8 Å². The first-order valence-electron chi connectivity index (χ1n) is 4.78. The van der Waals surface area contributed by atoms with Gasteiger partial charge in [-0.3, -0.25) is 4.90 Å². The van der Waals surface area contributed by atoms with Crippen LogP contribution >= 0.6 is 0 Å². The Labute approximate surface area is 81.5 Å². The van der Waals surface area contributed by atoms with Gasteiger partial charge in [-0.1, -0.05) is 0 Å². The molecule has 1 fully saturated rings. The van der Waals surface area contributed by atoms with Crippen molar-refractivity contribution in [2.45, 2.75) is 0 Å². The molecule has 0 unspecified atom stereocenters. The molecular formula is C7H15BF3N2O-. The van der Waals surface area contributed by atoms with Crippen molar-refractivity contribution in [1.29, 1.82) is 0 Å². The highest BCUT2D eigenvalue weighted by Gasteiger charge is 2.28. The minimum absolute atomic E-state index is 0.0726. The molecule has 1 saturated heterocycles. The van der Waals surface area contributed by atoms with Crippen LogP contribution < -0.4 is 0 Å². The number of hydrogen-bond acceptors (Lipinski definition) is 3. The molecule has 3 nitrogen and oxygen atoms in total. The van der Waals surface area contributed by atoms with E-state index in [1.165, 1.54) is 4.90 Å². The van der Waals surface area contributed by atoms with E-state index in [0.717, 1.165) is 0 Å². The van der Waals surface area contributed by atoms with E-state index in [1.807, 2.05) is 4.90 Å². The van der Waals surface area contributed by atoms with Crippen molar-refractivity contribution in [3.8, 4) is 0 Å². The van der Waals surface area contributed by atoms with Gasteiger partial charge in [0.05, 0.1) is 6.61 Å². The summed E-state index contributed by atoms with van der Waals surface area (Å²) < 4.78 is 36.2. The average Bonchev–Trinajstić information content (AvgIpc) is 2.06. The van der Waals surface area contributed by atoms with Crippen LogP contribution in [0.5, 0.6) is 0 Å². The van der Waals surface area contributed by atoms with Gasteiger partial charge in [-0.2, -0.15) is 0 Å². The molecule has 0 spiro atoms. The summed E-state index contributed by atoms with van der Waals surface area (Å²) in [5.41, 5.74) is 0. The standard InChI is InChI=1S/C7H15BF3N2O/c9-8(10,11)7-13-3-1-12(2-4-13)5-6-14/h14H,1-7H2/q-1. The lowest BCUT2D eigenvalue weighted by atomic mass is 9.91. The Kier molecular flexibility index (Phi) is 4.21. The molecule has 1 rings (SSSR count). The van der Waals surface area contributed by atoms with Crippen LogP contribution in [0, 0.1) is 0 Å². The maximum Gasteiger partial charge on any atom is 0.492 e. The van der Waals surface area contributed by atoms with Gasteiger partial charge in [-0.05, 0) is 6.44 Å². The molecule has 14 heavy (non-hydrogen) atoms. The highest BCUT2D eigenvalue weighted by Crippen LogP contribution is 2.12. The summed E-state index contributed by atoms with van der Waals surface area (Å²) in [6.45, 7) is -1.94. The summed E-state index contributed by atoms with van der Waals surface area (Å²) in [5, 5.41) is 8.64. The molecule has 0 bridgehead atoms. The number of hydrogen-bond donors (Lipinski definition) is 1. The van der Waals surface area contributed by atoms with E-state index in [1.54, 1.807) is 0 Å². The summed E-state index contributed by atoms with van der Waals surface area (Å²) in [5.74, 6) is 0. The lowest BCUT2D eigenvalue weighted by molar-refractivity contribution is 0.117. The molecule has 1 N–H and O–H groups in total. The van der Waals surface area contributed by atoms with E-state index in [2.05, 4.69) is 0 Å². The van der Waals surface area contributed by atoms with E-state index in [4.69, 9.17) is 5.11 Å². The minimum atomic E-state index is -4.70. The number of aliphatic hydroxyl groups is 1. The van der Waals surface area contributed by atoms with Crippen molar-refractivity contribution < 1.29 is 18.1 Å². The van der Waals surface area contributed by atoms with Crippen LogP contribution in [0.3, 0.4) is 0 Å². The summed E-state index contributed by atoms with van der Waals surface area (Å²) in [6.07, 6.45) is -0.757. The maximum atomic E-state index is 12.1. The van der Waals surface area contributed by atoms with Gasteiger partial charge < -0.3 is 23.0 Å². The van der Waals surface area contributed by atoms with E-state index in [0.29, 0.717) is 32.7 Å². The molecule has 0 aromatic carbocycles. The Morgan fingerprint density at radius 2 is 1.50 bits per heavy atom. The first kappa shape index (κ1) is 11.8. The van der Waals surface area contributed by atoms with Gasteiger partial charge in [-0.15, -0.1) is 0 Å². The third kappa shape index (κ3) is 4.30. The number of rotatable bonds is 4. The van der Waals surface area contributed by atoms with Gasteiger partial charge >= 0.3 is 6.98 Å². The fourth-order valence-electron chi connectivity index (χ4n) is 1.63. The third-order valence-electron chi connectivity index (χ3n) is 2.35. The molecule has 0 aliphatic carbocycles. The molecule has 0 saturated carbocycles. The fraction of sp³-hybridized carbons (Fsp3) is 1.00. The number of β-amino-alcohol motifs (C(OH)–C–C–N with tert-alkyl or cyclic N) is 1. The molecule has 84 valence electrons. The van der Waals surface area contributed by atoms with Crippen LogP contribution in [0.25, 0.3) is 0 Å². The van der Waals surface area contributed by atoms with Crippen LogP contribution in [-0.2, 0) is 0 Å². The summed E-state index contributed by atoms with van der Waals surface area (Å²) in [6, 6.07) is 0. The van der Waals surface area contributed by atoms with E-state index < -0.39 is 13.4 Å². The van der Waals surface area contributed by atoms with Gasteiger partial charge in [0.15, 0.2) is 0 Å².